The van der Waals surface area contributed by atoms with Crippen molar-refractivity contribution in [2.45, 2.75) is 17.9 Å². The van der Waals surface area contributed by atoms with Gasteiger partial charge in [0.25, 0.3) is 0 Å². The minimum absolute atomic E-state index is 0.0397. The minimum atomic E-state index is -3.77. The maximum absolute atomic E-state index is 13.6. The van der Waals surface area contributed by atoms with Crippen LogP contribution in [0.1, 0.15) is 11.1 Å². The molecule has 31 heavy (non-hydrogen) atoms. The smallest absolute Gasteiger partial charge is 0.242 e. The summed E-state index contributed by atoms with van der Waals surface area (Å²) in [5.41, 5.74) is 2.49. The highest BCUT2D eigenvalue weighted by atomic mass is 35.5. The monoisotopic (exact) mass is 476 g/mol. The summed E-state index contributed by atoms with van der Waals surface area (Å²) in [6, 6.07) is 19.3. The predicted molar refractivity (Wildman–Crippen MR) is 123 cm³/mol. The lowest BCUT2D eigenvalue weighted by atomic mass is 10.1. The second kappa shape index (κ2) is 9.01. The third-order valence-corrected chi connectivity index (χ3v) is 7.04. The van der Waals surface area contributed by atoms with Crippen LogP contribution in [0.25, 0.3) is 10.9 Å². The van der Waals surface area contributed by atoms with Gasteiger partial charge < -0.3 is 4.57 Å². The highest BCUT2D eigenvalue weighted by molar-refractivity contribution is 7.89. The maximum Gasteiger partial charge on any atom is 0.242 e. The summed E-state index contributed by atoms with van der Waals surface area (Å²) < 4.78 is 44.2. The van der Waals surface area contributed by atoms with Crippen molar-refractivity contribution in [2.75, 3.05) is 6.54 Å². The summed E-state index contributed by atoms with van der Waals surface area (Å²) in [6.45, 7) is 0.650. The SMILES string of the molecule is O=S(=O)(NCCc1ccc(Cl)c(F)c1)c1cn(Cc2ccc(Cl)cc2)c2ccccc12. The quantitative estimate of drug-likeness (QED) is 0.374. The molecule has 0 spiro atoms. The zero-order valence-electron chi connectivity index (χ0n) is 16.4. The van der Waals surface area contributed by atoms with E-state index in [1.54, 1.807) is 30.5 Å². The number of hydrogen-bond acceptors (Lipinski definition) is 2. The fourth-order valence-corrected chi connectivity index (χ4v) is 4.95. The molecule has 3 aromatic carbocycles. The Kier molecular flexibility index (Phi) is 6.34. The molecule has 0 atom stereocenters. The Morgan fingerprint density at radius 3 is 2.39 bits per heavy atom. The van der Waals surface area contributed by atoms with E-state index in [1.165, 1.54) is 12.1 Å². The molecule has 4 nitrogen and oxygen atoms in total. The summed E-state index contributed by atoms with van der Waals surface area (Å²) in [7, 11) is -3.77. The third-order valence-electron chi connectivity index (χ3n) is 5.00. The Balaban J connectivity index is 1.57. The molecule has 1 aromatic heterocycles. The fraction of sp³-hybridized carbons (Fsp3) is 0.130. The van der Waals surface area contributed by atoms with Gasteiger partial charge in [-0.05, 0) is 47.9 Å². The molecular formula is C23H19Cl2FN2O2S. The summed E-state index contributed by atoms with van der Waals surface area (Å²) in [6.07, 6.45) is 1.99. The molecule has 4 aromatic rings. The van der Waals surface area contributed by atoms with E-state index in [0.717, 1.165) is 11.1 Å². The molecule has 0 saturated carbocycles. The normalized spacial score (nSPS) is 11.8. The molecule has 4 rings (SSSR count). The molecule has 8 heteroatoms. The van der Waals surface area contributed by atoms with Crippen molar-refractivity contribution in [3.63, 3.8) is 0 Å². The Bertz CT molecular complexity index is 1340. The molecule has 160 valence electrons. The van der Waals surface area contributed by atoms with Crippen molar-refractivity contribution in [1.82, 2.24) is 9.29 Å². The number of fused-ring (bicyclic) bond motifs is 1. The van der Waals surface area contributed by atoms with Crippen LogP contribution in [0.4, 0.5) is 4.39 Å². The fourth-order valence-electron chi connectivity index (χ4n) is 3.45. The van der Waals surface area contributed by atoms with E-state index in [0.29, 0.717) is 28.9 Å². The first-order valence-corrected chi connectivity index (χ1v) is 11.8. The number of hydrogen-bond donors (Lipinski definition) is 1. The summed E-state index contributed by atoms with van der Waals surface area (Å²) in [5.74, 6) is -0.521. The summed E-state index contributed by atoms with van der Waals surface area (Å²) >= 11 is 11.7. The summed E-state index contributed by atoms with van der Waals surface area (Å²) in [5, 5.41) is 1.33. The van der Waals surface area contributed by atoms with Gasteiger partial charge in [-0.2, -0.15) is 0 Å². The van der Waals surface area contributed by atoms with Gasteiger partial charge in [-0.25, -0.2) is 17.5 Å². The van der Waals surface area contributed by atoms with Crippen molar-refractivity contribution in [2.24, 2.45) is 0 Å². The van der Waals surface area contributed by atoms with Gasteiger partial charge in [-0.3, -0.25) is 0 Å². The van der Waals surface area contributed by atoms with Crippen molar-refractivity contribution < 1.29 is 12.8 Å². The second-order valence-corrected chi connectivity index (χ2v) is 9.74. The first kappa shape index (κ1) is 21.8. The lowest BCUT2D eigenvalue weighted by molar-refractivity contribution is 0.582. The van der Waals surface area contributed by atoms with Crippen LogP contribution in [0.3, 0.4) is 0 Å². The Morgan fingerprint density at radius 2 is 1.65 bits per heavy atom. The zero-order chi connectivity index (χ0) is 22.0. The van der Waals surface area contributed by atoms with Gasteiger partial charge >= 0.3 is 0 Å². The van der Waals surface area contributed by atoms with Crippen LogP contribution in [-0.4, -0.2) is 19.5 Å². The summed E-state index contributed by atoms with van der Waals surface area (Å²) in [4.78, 5) is 0.208. The lowest BCUT2D eigenvalue weighted by Gasteiger charge is -2.07. The van der Waals surface area contributed by atoms with Crippen LogP contribution in [0.15, 0.2) is 77.8 Å². The van der Waals surface area contributed by atoms with Gasteiger partial charge in [0.05, 0.1) is 5.02 Å². The maximum atomic E-state index is 13.6. The van der Waals surface area contributed by atoms with Crippen LogP contribution in [-0.2, 0) is 23.0 Å². The minimum Gasteiger partial charge on any atom is -0.342 e. The van der Waals surface area contributed by atoms with Crippen LogP contribution in [0.2, 0.25) is 10.0 Å². The molecule has 0 aliphatic carbocycles. The molecule has 0 saturated heterocycles. The lowest BCUT2D eigenvalue weighted by Crippen LogP contribution is -2.26. The Labute approximate surface area is 190 Å². The highest BCUT2D eigenvalue weighted by Crippen LogP contribution is 2.26. The largest absolute Gasteiger partial charge is 0.342 e. The Morgan fingerprint density at radius 1 is 0.935 bits per heavy atom. The number of aromatic nitrogens is 1. The molecule has 0 radical (unpaired) electrons. The molecule has 0 unspecified atom stereocenters. The van der Waals surface area contributed by atoms with E-state index < -0.39 is 15.8 Å². The van der Waals surface area contributed by atoms with Gasteiger partial charge in [0.2, 0.25) is 10.0 Å². The van der Waals surface area contributed by atoms with Crippen molar-refractivity contribution in [1.29, 1.82) is 0 Å². The molecular weight excluding hydrogens is 458 g/mol. The van der Waals surface area contributed by atoms with Crippen LogP contribution in [0, 0.1) is 5.82 Å². The molecule has 0 aliphatic heterocycles. The van der Waals surface area contributed by atoms with E-state index in [4.69, 9.17) is 23.2 Å². The molecule has 1 N–H and O–H groups in total. The van der Waals surface area contributed by atoms with E-state index in [-0.39, 0.29) is 16.5 Å². The highest BCUT2D eigenvalue weighted by Gasteiger charge is 2.20. The van der Waals surface area contributed by atoms with E-state index in [2.05, 4.69) is 4.72 Å². The molecule has 0 fully saturated rings. The number of para-hydroxylation sites is 1. The number of nitrogens with one attached hydrogen (secondary N) is 1. The van der Waals surface area contributed by atoms with Crippen LogP contribution < -0.4 is 4.72 Å². The van der Waals surface area contributed by atoms with Gasteiger partial charge in [-0.15, -0.1) is 0 Å². The van der Waals surface area contributed by atoms with Crippen molar-refractivity contribution in [3.05, 3.63) is 99.9 Å². The standard InChI is InChI=1S/C23H19Cl2FN2O2S/c24-18-8-5-17(6-9-18)14-28-15-23(19-3-1-2-4-22(19)28)31(29,30)27-12-11-16-7-10-20(25)21(26)13-16/h1-10,13,15,27H,11-12,14H2. The number of nitrogens with zero attached hydrogens (tertiary/aromatic N) is 1. The van der Waals surface area contributed by atoms with E-state index in [9.17, 15) is 12.8 Å². The van der Waals surface area contributed by atoms with E-state index >= 15 is 0 Å². The van der Waals surface area contributed by atoms with Crippen LogP contribution >= 0.6 is 23.2 Å². The first-order chi connectivity index (χ1) is 14.8. The van der Waals surface area contributed by atoms with Gasteiger partial charge in [0.15, 0.2) is 0 Å². The first-order valence-electron chi connectivity index (χ1n) is 9.59. The van der Waals surface area contributed by atoms with Gasteiger partial charge in [-0.1, -0.05) is 59.6 Å². The average Bonchev–Trinajstić information content (AvgIpc) is 3.12. The molecule has 0 bridgehead atoms. The molecule has 0 aliphatic rings. The van der Waals surface area contributed by atoms with Crippen LogP contribution in [0.5, 0.6) is 0 Å². The third kappa shape index (κ3) is 4.93. The number of rotatable bonds is 7. The zero-order valence-corrected chi connectivity index (χ0v) is 18.7. The Hall–Kier alpha value is -2.38. The van der Waals surface area contributed by atoms with E-state index in [1.807, 2.05) is 34.9 Å². The van der Waals surface area contributed by atoms with Gasteiger partial charge in [0.1, 0.15) is 10.7 Å². The average molecular weight is 477 g/mol. The number of sulfonamides is 1. The van der Waals surface area contributed by atoms with Crippen molar-refractivity contribution in [3.8, 4) is 0 Å². The predicted octanol–water partition coefficient (Wildman–Crippen LogP) is 5.66. The van der Waals surface area contributed by atoms with Crippen molar-refractivity contribution >= 4 is 44.1 Å². The second-order valence-electron chi connectivity index (χ2n) is 7.16. The molecule has 0 amide bonds. The number of benzene rings is 3. The molecule has 1 heterocycles. The topological polar surface area (TPSA) is 51.1 Å². The van der Waals surface area contributed by atoms with Gasteiger partial charge in [0, 0.05) is 35.2 Å². The number of halogens is 3.